The monoisotopic (exact) mass is 430 g/mol. The summed E-state index contributed by atoms with van der Waals surface area (Å²) in [6.45, 7) is 7.98. The molecule has 31 heavy (non-hydrogen) atoms. The second kappa shape index (κ2) is 8.36. The number of aryl methyl sites for hydroxylation is 4. The number of anilines is 1. The molecule has 1 heterocycles. The van der Waals surface area contributed by atoms with Crippen LogP contribution >= 0.6 is 11.6 Å². The zero-order valence-electron chi connectivity index (χ0n) is 17.9. The maximum Gasteiger partial charge on any atom is 0.295 e. The minimum Gasteiger partial charge on any atom is -0.318 e. The smallest absolute Gasteiger partial charge is 0.295 e. The Balaban J connectivity index is 1.82. The van der Waals surface area contributed by atoms with Gasteiger partial charge in [0.05, 0.1) is 16.4 Å². The molecule has 0 aliphatic carbocycles. The van der Waals surface area contributed by atoms with Gasteiger partial charge in [-0.05, 0) is 57.0 Å². The zero-order chi connectivity index (χ0) is 22.1. The molecule has 156 valence electrons. The second-order valence-electron chi connectivity index (χ2n) is 7.72. The highest BCUT2D eigenvalue weighted by atomic mass is 35.5. The molecule has 0 unspecified atom stereocenters. The van der Waals surface area contributed by atoms with E-state index in [9.17, 15) is 4.79 Å². The molecule has 0 fully saturated rings. The van der Waals surface area contributed by atoms with Gasteiger partial charge in [-0.2, -0.15) is 0 Å². The number of amides is 1. The Kier molecular flexibility index (Phi) is 5.61. The van der Waals surface area contributed by atoms with Gasteiger partial charge in [0.2, 0.25) is 5.82 Å². The summed E-state index contributed by atoms with van der Waals surface area (Å²) in [6.07, 6.45) is 0. The summed E-state index contributed by atoms with van der Waals surface area (Å²) in [5.74, 6) is 0.279. The Morgan fingerprint density at radius 1 is 0.903 bits per heavy atom. The molecular weight excluding hydrogens is 408 g/mol. The molecule has 4 rings (SSSR count). The molecular formula is C25H23ClN4O. The first kappa shape index (κ1) is 20.8. The highest BCUT2D eigenvalue weighted by molar-refractivity contribution is 6.34. The lowest BCUT2D eigenvalue weighted by molar-refractivity contribution is 0.101. The number of nitrogens with zero attached hydrogens (tertiary/aromatic N) is 3. The van der Waals surface area contributed by atoms with E-state index in [1.807, 2.05) is 76.2 Å². The maximum absolute atomic E-state index is 13.0. The van der Waals surface area contributed by atoms with Crippen LogP contribution in [0.1, 0.15) is 32.9 Å². The average Bonchev–Trinajstić information content (AvgIpc) is 3.16. The van der Waals surface area contributed by atoms with Crippen LogP contribution < -0.4 is 5.32 Å². The number of halogens is 1. The number of nitrogens with one attached hydrogen (secondary N) is 1. The summed E-state index contributed by atoms with van der Waals surface area (Å²) in [5.41, 5.74) is 6.51. The molecule has 1 amide bonds. The Labute approximate surface area is 186 Å². The van der Waals surface area contributed by atoms with Crippen LogP contribution in [0.5, 0.6) is 0 Å². The van der Waals surface area contributed by atoms with E-state index in [1.165, 1.54) is 0 Å². The number of carbonyl (C=O) groups is 1. The lowest BCUT2D eigenvalue weighted by Gasteiger charge is -2.10. The second-order valence-corrected chi connectivity index (χ2v) is 8.12. The van der Waals surface area contributed by atoms with Gasteiger partial charge in [0, 0.05) is 5.56 Å². The largest absolute Gasteiger partial charge is 0.318 e. The predicted octanol–water partition coefficient (Wildman–Crippen LogP) is 6.07. The van der Waals surface area contributed by atoms with Crippen LogP contribution in [0.15, 0.2) is 60.7 Å². The van der Waals surface area contributed by atoms with Gasteiger partial charge in [0.15, 0.2) is 5.82 Å². The van der Waals surface area contributed by atoms with Crippen molar-refractivity contribution in [1.82, 2.24) is 14.8 Å². The molecule has 3 aromatic carbocycles. The molecule has 0 bridgehead atoms. The van der Waals surface area contributed by atoms with Crippen molar-refractivity contribution in [3.8, 4) is 17.1 Å². The van der Waals surface area contributed by atoms with Gasteiger partial charge < -0.3 is 5.32 Å². The Bertz CT molecular complexity index is 1270. The van der Waals surface area contributed by atoms with Crippen LogP contribution in [0.4, 0.5) is 5.69 Å². The molecule has 0 spiro atoms. The topological polar surface area (TPSA) is 59.8 Å². The number of carbonyl (C=O) groups excluding carboxylic acids is 1. The van der Waals surface area contributed by atoms with Gasteiger partial charge >= 0.3 is 0 Å². The van der Waals surface area contributed by atoms with Crippen molar-refractivity contribution in [3.63, 3.8) is 0 Å². The molecule has 0 aliphatic heterocycles. The normalized spacial score (nSPS) is 10.9. The fourth-order valence-corrected chi connectivity index (χ4v) is 3.82. The quantitative estimate of drug-likeness (QED) is 0.427. The van der Waals surface area contributed by atoms with E-state index in [-0.39, 0.29) is 5.82 Å². The molecule has 0 aliphatic rings. The fourth-order valence-electron chi connectivity index (χ4n) is 3.55. The molecule has 1 N–H and O–H groups in total. The zero-order valence-corrected chi connectivity index (χ0v) is 18.7. The highest BCUT2D eigenvalue weighted by Gasteiger charge is 2.21. The van der Waals surface area contributed by atoms with Crippen LogP contribution in [-0.4, -0.2) is 20.7 Å². The Hall–Kier alpha value is -3.44. The first-order chi connectivity index (χ1) is 14.8. The minimum atomic E-state index is -0.409. The third kappa shape index (κ3) is 4.23. The molecule has 1 aromatic heterocycles. The summed E-state index contributed by atoms with van der Waals surface area (Å²) < 4.78 is 1.73. The van der Waals surface area contributed by atoms with E-state index in [1.54, 1.807) is 10.7 Å². The number of hydrogen-bond acceptors (Lipinski definition) is 3. The third-order valence-corrected chi connectivity index (χ3v) is 5.44. The van der Waals surface area contributed by atoms with E-state index in [0.29, 0.717) is 16.5 Å². The Morgan fingerprint density at radius 3 is 2.35 bits per heavy atom. The van der Waals surface area contributed by atoms with Gasteiger partial charge in [-0.1, -0.05) is 65.2 Å². The van der Waals surface area contributed by atoms with E-state index < -0.39 is 5.91 Å². The standard InChI is InChI=1S/C25H23ClN4O/c1-15-7-5-9-19(14-15)24-28-23(25(31)27-22-17(3)8-6-10-20(22)26)29-30(24)21-12-11-16(2)13-18(21)4/h5-14H,1-4H3,(H,27,31). The van der Waals surface area contributed by atoms with Gasteiger partial charge in [-0.25, -0.2) is 9.67 Å². The van der Waals surface area contributed by atoms with E-state index in [4.69, 9.17) is 11.6 Å². The van der Waals surface area contributed by atoms with Crippen molar-refractivity contribution in [2.45, 2.75) is 27.7 Å². The molecule has 0 atom stereocenters. The SMILES string of the molecule is Cc1cccc(-c2nc(C(=O)Nc3c(C)cccc3Cl)nn2-c2ccc(C)cc2C)c1. The van der Waals surface area contributed by atoms with E-state index >= 15 is 0 Å². The van der Waals surface area contributed by atoms with E-state index in [2.05, 4.69) is 21.5 Å². The third-order valence-electron chi connectivity index (χ3n) is 5.13. The van der Waals surface area contributed by atoms with Gasteiger partial charge in [0.25, 0.3) is 5.91 Å². The van der Waals surface area contributed by atoms with Crippen molar-refractivity contribution < 1.29 is 4.79 Å². The van der Waals surface area contributed by atoms with Crippen molar-refractivity contribution in [3.05, 3.63) is 93.8 Å². The van der Waals surface area contributed by atoms with Crippen molar-refractivity contribution in [2.75, 3.05) is 5.32 Å². The van der Waals surface area contributed by atoms with Crippen LogP contribution in [0, 0.1) is 27.7 Å². The van der Waals surface area contributed by atoms with E-state index in [0.717, 1.165) is 33.5 Å². The molecule has 4 aromatic rings. The minimum absolute atomic E-state index is 0.0794. The van der Waals surface area contributed by atoms with Crippen molar-refractivity contribution >= 4 is 23.2 Å². The highest BCUT2D eigenvalue weighted by Crippen LogP contribution is 2.27. The maximum atomic E-state index is 13.0. The van der Waals surface area contributed by atoms with Crippen molar-refractivity contribution in [2.24, 2.45) is 0 Å². The average molecular weight is 431 g/mol. The van der Waals surface area contributed by atoms with Crippen LogP contribution in [0.25, 0.3) is 17.1 Å². The summed E-state index contributed by atoms with van der Waals surface area (Å²) in [7, 11) is 0. The van der Waals surface area contributed by atoms with Crippen LogP contribution in [-0.2, 0) is 0 Å². The lowest BCUT2D eigenvalue weighted by atomic mass is 10.1. The summed E-state index contributed by atoms with van der Waals surface area (Å²) in [6, 6.07) is 19.6. The number of para-hydroxylation sites is 1. The number of rotatable bonds is 4. The molecule has 0 saturated carbocycles. The predicted molar refractivity (Wildman–Crippen MR) is 125 cm³/mol. The Morgan fingerprint density at radius 2 is 1.65 bits per heavy atom. The van der Waals surface area contributed by atoms with Crippen molar-refractivity contribution in [1.29, 1.82) is 0 Å². The number of hydrogen-bond donors (Lipinski definition) is 1. The number of benzene rings is 3. The molecule has 5 nitrogen and oxygen atoms in total. The molecule has 0 radical (unpaired) electrons. The van der Waals surface area contributed by atoms with Crippen LogP contribution in [0.2, 0.25) is 5.02 Å². The summed E-state index contributed by atoms with van der Waals surface area (Å²) in [4.78, 5) is 17.7. The van der Waals surface area contributed by atoms with Gasteiger partial charge in [0.1, 0.15) is 0 Å². The van der Waals surface area contributed by atoms with Crippen LogP contribution in [0.3, 0.4) is 0 Å². The summed E-state index contributed by atoms with van der Waals surface area (Å²) >= 11 is 6.28. The fraction of sp³-hybridized carbons (Fsp3) is 0.160. The van der Waals surface area contributed by atoms with Gasteiger partial charge in [-0.15, -0.1) is 5.10 Å². The molecule has 0 saturated heterocycles. The van der Waals surface area contributed by atoms with Gasteiger partial charge in [-0.3, -0.25) is 4.79 Å². The number of aromatic nitrogens is 3. The lowest BCUT2D eigenvalue weighted by Crippen LogP contribution is -2.15. The first-order valence-electron chi connectivity index (χ1n) is 10.0. The first-order valence-corrected chi connectivity index (χ1v) is 10.4. The summed E-state index contributed by atoms with van der Waals surface area (Å²) in [5, 5.41) is 7.92. The molecule has 6 heteroatoms.